The van der Waals surface area contributed by atoms with Crippen molar-refractivity contribution in [3.63, 3.8) is 0 Å². The van der Waals surface area contributed by atoms with Gasteiger partial charge >= 0.3 is 0 Å². The molecule has 72 valence electrons. The van der Waals surface area contributed by atoms with Gasteiger partial charge in [0.1, 0.15) is 0 Å². The summed E-state index contributed by atoms with van der Waals surface area (Å²) >= 11 is 5.82. The summed E-state index contributed by atoms with van der Waals surface area (Å²) in [7, 11) is -3.63. The molecular weight excluding hydrogens is 210 g/mol. The van der Waals surface area contributed by atoms with Crippen molar-refractivity contribution >= 4 is 21.6 Å². The number of aryl methyl sites for hydroxylation is 1. The van der Waals surface area contributed by atoms with Crippen LogP contribution in [0.3, 0.4) is 0 Å². The third-order valence-electron chi connectivity index (χ3n) is 1.73. The Morgan fingerprint density at radius 1 is 1.46 bits per heavy atom. The monoisotopic (exact) mass is 219 g/mol. The van der Waals surface area contributed by atoms with E-state index in [1.807, 2.05) is 6.92 Å². The van der Waals surface area contributed by atoms with Gasteiger partial charge in [-0.05, 0) is 24.1 Å². The van der Waals surface area contributed by atoms with E-state index < -0.39 is 10.0 Å². The van der Waals surface area contributed by atoms with Gasteiger partial charge in [0.2, 0.25) is 10.0 Å². The van der Waals surface area contributed by atoms with E-state index in [-0.39, 0.29) is 4.90 Å². The van der Waals surface area contributed by atoms with Crippen LogP contribution in [-0.4, -0.2) is 8.42 Å². The zero-order valence-electron chi connectivity index (χ0n) is 7.12. The number of hydrogen-bond acceptors (Lipinski definition) is 2. The number of sulfonamides is 1. The lowest BCUT2D eigenvalue weighted by Gasteiger charge is -2.02. The number of nitrogens with two attached hydrogens (primary N) is 1. The average molecular weight is 220 g/mol. The van der Waals surface area contributed by atoms with E-state index in [0.717, 1.165) is 12.0 Å². The second kappa shape index (κ2) is 3.65. The average Bonchev–Trinajstić information content (AvgIpc) is 2.02. The number of primary sulfonamides is 1. The standard InChI is InChI=1S/C8H10ClNO2S/c1-2-6-3-4-7(5-8(6)9)13(10,11)12/h3-5H,2H2,1H3,(H2,10,11,12). The molecule has 2 N–H and O–H groups in total. The maximum atomic E-state index is 10.9. The summed E-state index contributed by atoms with van der Waals surface area (Å²) in [6, 6.07) is 4.50. The van der Waals surface area contributed by atoms with Crippen LogP contribution in [-0.2, 0) is 16.4 Å². The van der Waals surface area contributed by atoms with Gasteiger partial charge in [-0.2, -0.15) is 0 Å². The van der Waals surface area contributed by atoms with Crippen LogP contribution in [0.2, 0.25) is 5.02 Å². The van der Waals surface area contributed by atoms with Crippen molar-refractivity contribution in [2.45, 2.75) is 18.2 Å². The normalized spacial score (nSPS) is 11.6. The van der Waals surface area contributed by atoms with Crippen molar-refractivity contribution in [3.8, 4) is 0 Å². The molecule has 1 aromatic rings. The Morgan fingerprint density at radius 3 is 2.46 bits per heavy atom. The molecule has 1 aromatic carbocycles. The topological polar surface area (TPSA) is 60.2 Å². The molecule has 0 spiro atoms. The van der Waals surface area contributed by atoms with E-state index in [1.54, 1.807) is 6.07 Å². The smallest absolute Gasteiger partial charge is 0.225 e. The van der Waals surface area contributed by atoms with Crippen LogP contribution in [0.5, 0.6) is 0 Å². The fourth-order valence-corrected chi connectivity index (χ4v) is 1.91. The summed E-state index contributed by atoms with van der Waals surface area (Å²) in [5, 5.41) is 5.37. The highest BCUT2D eigenvalue weighted by Gasteiger charge is 2.09. The van der Waals surface area contributed by atoms with Crippen molar-refractivity contribution < 1.29 is 8.42 Å². The first-order valence-electron chi connectivity index (χ1n) is 3.76. The molecule has 1 rings (SSSR count). The largest absolute Gasteiger partial charge is 0.238 e. The van der Waals surface area contributed by atoms with E-state index in [2.05, 4.69) is 0 Å². The zero-order chi connectivity index (χ0) is 10.1. The van der Waals surface area contributed by atoms with Gasteiger partial charge in [-0.1, -0.05) is 24.6 Å². The van der Waals surface area contributed by atoms with Crippen molar-refractivity contribution in [2.75, 3.05) is 0 Å². The Labute approximate surface area is 82.6 Å². The number of rotatable bonds is 2. The Kier molecular flexibility index (Phi) is 2.95. The first-order chi connectivity index (χ1) is 5.95. The molecule has 0 atom stereocenters. The molecule has 0 bridgehead atoms. The Balaban J connectivity index is 3.26. The predicted molar refractivity (Wildman–Crippen MR) is 52.2 cm³/mol. The summed E-state index contributed by atoms with van der Waals surface area (Å²) in [6.07, 6.45) is 0.768. The molecule has 0 fully saturated rings. The van der Waals surface area contributed by atoms with E-state index in [0.29, 0.717) is 5.02 Å². The highest BCUT2D eigenvalue weighted by atomic mass is 35.5. The minimum absolute atomic E-state index is 0.0506. The van der Waals surface area contributed by atoms with Crippen molar-refractivity contribution in [1.82, 2.24) is 0 Å². The van der Waals surface area contributed by atoms with Crippen molar-refractivity contribution in [3.05, 3.63) is 28.8 Å². The molecule has 0 aliphatic rings. The summed E-state index contributed by atoms with van der Waals surface area (Å²) in [5.41, 5.74) is 0.911. The second-order valence-electron chi connectivity index (χ2n) is 2.65. The SMILES string of the molecule is CCc1ccc(S(N)(=O)=O)cc1Cl. The van der Waals surface area contributed by atoms with Crippen molar-refractivity contribution in [2.24, 2.45) is 5.14 Å². The van der Waals surface area contributed by atoms with Gasteiger partial charge in [0.05, 0.1) is 4.90 Å². The number of hydrogen-bond donors (Lipinski definition) is 1. The van der Waals surface area contributed by atoms with Gasteiger partial charge in [0, 0.05) is 5.02 Å². The summed E-state index contributed by atoms with van der Waals surface area (Å²) in [5.74, 6) is 0. The van der Waals surface area contributed by atoms with E-state index in [9.17, 15) is 8.42 Å². The van der Waals surface area contributed by atoms with Crippen LogP contribution in [0.4, 0.5) is 0 Å². The molecule has 0 unspecified atom stereocenters. The molecule has 0 heterocycles. The van der Waals surface area contributed by atoms with E-state index in [1.165, 1.54) is 12.1 Å². The second-order valence-corrected chi connectivity index (χ2v) is 4.62. The van der Waals surface area contributed by atoms with Crippen LogP contribution in [0.15, 0.2) is 23.1 Å². The zero-order valence-corrected chi connectivity index (χ0v) is 8.69. The molecule has 13 heavy (non-hydrogen) atoms. The van der Waals surface area contributed by atoms with Gasteiger partial charge in [-0.15, -0.1) is 0 Å². The molecule has 0 amide bonds. The minimum Gasteiger partial charge on any atom is -0.225 e. The molecule has 0 saturated heterocycles. The third-order valence-corrected chi connectivity index (χ3v) is 3.00. The molecule has 3 nitrogen and oxygen atoms in total. The van der Waals surface area contributed by atoms with Crippen LogP contribution in [0.25, 0.3) is 0 Å². The van der Waals surface area contributed by atoms with Gasteiger partial charge in [-0.25, -0.2) is 13.6 Å². The Hall–Kier alpha value is -0.580. The summed E-state index contributed by atoms with van der Waals surface area (Å²) in [4.78, 5) is 0.0506. The lowest BCUT2D eigenvalue weighted by molar-refractivity contribution is 0.598. The first kappa shape index (κ1) is 10.5. The molecule has 0 saturated carbocycles. The van der Waals surface area contributed by atoms with E-state index >= 15 is 0 Å². The first-order valence-corrected chi connectivity index (χ1v) is 5.69. The van der Waals surface area contributed by atoms with Gasteiger partial charge in [0.25, 0.3) is 0 Å². The van der Waals surface area contributed by atoms with Gasteiger partial charge in [-0.3, -0.25) is 0 Å². The van der Waals surface area contributed by atoms with Crippen LogP contribution in [0.1, 0.15) is 12.5 Å². The van der Waals surface area contributed by atoms with Crippen molar-refractivity contribution in [1.29, 1.82) is 0 Å². The van der Waals surface area contributed by atoms with Crippen LogP contribution >= 0.6 is 11.6 Å². The maximum absolute atomic E-state index is 10.9. The Morgan fingerprint density at radius 2 is 2.08 bits per heavy atom. The number of benzene rings is 1. The highest BCUT2D eigenvalue weighted by molar-refractivity contribution is 7.89. The number of halogens is 1. The van der Waals surface area contributed by atoms with Gasteiger partial charge < -0.3 is 0 Å². The highest BCUT2D eigenvalue weighted by Crippen LogP contribution is 2.20. The Bertz CT molecular complexity index is 414. The lowest BCUT2D eigenvalue weighted by atomic mass is 10.2. The molecule has 5 heteroatoms. The molecule has 0 aromatic heterocycles. The van der Waals surface area contributed by atoms with E-state index in [4.69, 9.17) is 16.7 Å². The third kappa shape index (κ3) is 2.43. The minimum atomic E-state index is -3.63. The van der Waals surface area contributed by atoms with Crippen LogP contribution < -0.4 is 5.14 Å². The maximum Gasteiger partial charge on any atom is 0.238 e. The summed E-state index contributed by atoms with van der Waals surface area (Å²) < 4.78 is 21.8. The molecule has 0 aliphatic carbocycles. The van der Waals surface area contributed by atoms with Crippen LogP contribution in [0, 0.1) is 0 Å². The predicted octanol–water partition coefficient (Wildman–Crippen LogP) is 1.55. The molecular formula is C8H10ClNO2S. The molecule has 0 radical (unpaired) electrons. The summed E-state index contributed by atoms with van der Waals surface area (Å²) in [6.45, 7) is 1.94. The quantitative estimate of drug-likeness (QED) is 0.821. The fraction of sp³-hybridized carbons (Fsp3) is 0.250. The lowest BCUT2D eigenvalue weighted by Crippen LogP contribution is -2.12. The molecule has 0 aliphatic heterocycles. The van der Waals surface area contributed by atoms with Gasteiger partial charge in [0.15, 0.2) is 0 Å². The fourth-order valence-electron chi connectivity index (χ4n) is 0.992.